The van der Waals surface area contributed by atoms with Gasteiger partial charge < -0.3 is 0 Å². The third kappa shape index (κ3) is 5.83. The zero-order chi connectivity index (χ0) is 18.7. The normalized spacial score (nSPS) is 13.2. The van der Waals surface area contributed by atoms with Gasteiger partial charge in [-0.2, -0.15) is 21.2 Å². The van der Waals surface area contributed by atoms with Crippen LogP contribution in [-0.4, -0.2) is 38.6 Å². The van der Waals surface area contributed by atoms with Gasteiger partial charge in [-0.1, -0.05) is 42.5 Å². The van der Waals surface area contributed by atoms with Gasteiger partial charge in [-0.25, -0.2) is 0 Å². The molecule has 0 aliphatic rings. The van der Waals surface area contributed by atoms with Crippen LogP contribution in [0.25, 0.3) is 0 Å². The van der Waals surface area contributed by atoms with E-state index in [2.05, 4.69) is 4.40 Å². The van der Waals surface area contributed by atoms with Gasteiger partial charge in [-0.15, -0.1) is 0 Å². The van der Waals surface area contributed by atoms with Gasteiger partial charge in [0.05, 0.1) is 4.90 Å². The number of nitrogens with zero attached hydrogens (tertiary/aromatic N) is 1. The molecule has 0 radical (unpaired) electrons. The van der Waals surface area contributed by atoms with Crippen molar-refractivity contribution in [3.05, 3.63) is 65.7 Å². The van der Waals surface area contributed by atoms with Crippen LogP contribution in [0, 0.1) is 0 Å². The maximum absolute atomic E-state index is 12.0. The molecule has 0 heterocycles. The second kappa shape index (κ2) is 9.03. The summed E-state index contributed by atoms with van der Waals surface area (Å²) in [5.74, 6) is -0.761. The second-order valence-corrected chi connectivity index (χ2v) is 8.54. The summed E-state index contributed by atoms with van der Waals surface area (Å²) in [6.07, 6.45) is 1.13. The zero-order valence-corrected chi connectivity index (χ0v) is 17.7. The molecule has 26 heavy (non-hydrogen) atoms. The van der Waals surface area contributed by atoms with Crippen LogP contribution in [0.2, 0.25) is 0 Å². The molecule has 1 N–H and O–H groups in total. The predicted octanol–water partition coefficient (Wildman–Crippen LogP) is -1.04. The third-order valence-electron chi connectivity index (χ3n) is 3.39. The van der Waals surface area contributed by atoms with Crippen molar-refractivity contribution in [2.45, 2.75) is 17.1 Å². The zero-order valence-electron chi connectivity index (χ0n) is 14.1. The first kappa shape index (κ1) is 22.7. The summed E-state index contributed by atoms with van der Waals surface area (Å²) in [6.45, 7) is 1.08. The van der Waals surface area contributed by atoms with E-state index in [1.807, 2.05) is 0 Å². The van der Waals surface area contributed by atoms with E-state index in [1.54, 1.807) is 18.2 Å². The van der Waals surface area contributed by atoms with Crippen LogP contribution in [0.1, 0.15) is 22.8 Å². The molecular formula is C16H15NNaO6S2+. The number of rotatable bonds is 6. The van der Waals surface area contributed by atoms with Gasteiger partial charge in [0.2, 0.25) is 0 Å². The number of carbonyl (C=O) groups is 1. The minimum atomic E-state index is -4.48. The Morgan fingerprint density at radius 3 is 2.04 bits per heavy atom. The predicted molar refractivity (Wildman–Crippen MR) is 93.0 cm³/mol. The van der Waals surface area contributed by atoms with Gasteiger partial charge in [0.25, 0.3) is 20.1 Å². The fourth-order valence-electron chi connectivity index (χ4n) is 1.89. The van der Waals surface area contributed by atoms with E-state index in [1.165, 1.54) is 36.4 Å². The second-order valence-electron chi connectivity index (χ2n) is 5.17. The van der Waals surface area contributed by atoms with Crippen LogP contribution in [0.3, 0.4) is 0 Å². The van der Waals surface area contributed by atoms with Crippen LogP contribution in [0.15, 0.2) is 63.9 Å². The molecule has 0 aliphatic heterocycles. The summed E-state index contributed by atoms with van der Waals surface area (Å²) in [4.78, 5) is 12.0. The van der Waals surface area contributed by atoms with Gasteiger partial charge in [-0.3, -0.25) is 9.35 Å². The van der Waals surface area contributed by atoms with Gasteiger partial charge >= 0.3 is 29.6 Å². The summed E-state index contributed by atoms with van der Waals surface area (Å²) < 4.78 is 58.6. The summed E-state index contributed by atoms with van der Waals surface area (Å²) in [6, 6.07) is 13.2. The molecule has 7 nitrogen and oxygen atoms in total. The van der Waals surface area contributed by atoms with Crippen molar-refractivity contribution < 1.29 is 55.7 Å². The van der Waals surface area contributed by atoms with Crippen molar-refractivity contribution in [1.82, 2.24) is 0 Å². The van der Waals surface area contributed by atoms with E-state index >= 15 is 0 Å². The topological polar surface area (TPSA) is 118 Å². The first-order valence-electron chi connectivity index (χ1n) is 7.07. The molecule has 132 valence electrons. The number of Topliss-reactive ketones (excluding diaryl/α,β-unsaturated/α-hetero) is 1. The maximum atomic E-state index is 12.0. The molecule has 0 aromatic heterocycles. The Hall–Kier alpha value is -1.36. The van der Waals surface area contributed by atoms with E-state index in [4.69, 9.17) is 4.55 Å². The number of ketones is 1. The largest absolute Gasteiger partial charge is 1.00 e. The number of carbonyl (C=O) groups excluding carboxylic acids is 1. The Bertz CT molecular complexity index is 1000. The molecule has 0 saturated heterocycles. The molecule has 1 atom stereocenters. The van der Waals surface area contributed by atoms with E-state index < -0.39 is 31.2 Å². The fraction of sp³-hybridized carbons (Fsp3) is 0.125. The van der Waals surface area contributed by atoms with Gasteiger partial charge in [0.1, 0.15) is 5.25 Å². The number of hydrogen-bond acceptors (Lipinski definition) is 5. The smallest absolute Gasteiger partial charge is 0.293 e. The molecule has 0 saturated carbocycles. The van der Waals surface area contributed by atoms with Crippen molar-refractivity contribution in [2.75, 3.05) is 0 Å². The molecule has 0 spiro atoms. The molecule has 0 aliphatic carbocycles. The van der Waals surface area contributed by atoms with Crippen LogP contribution < -0.4 is 29.6 Å². The first-order valence-corrected chi connectivity index (χ1v) is 10.0. The molecule has 0 bridgehead atoms. The van der Waals surface area contributed by atoms with E-state index in [9.17, 15) is 21.6 Å². The first-order chi connectivity index (χ1) is 11.6. The molecule has 10 heteroatoms. The summed E-state index contributed by atoms with van der Waals surface area (Å²) in [7, 11) is -8.30. The number of sulfonamides is 1. The van der Waals surface area contributed by atoms with Crippen LogP contribution >= 0.6 is 0 Å². The SMILES string of the molecule is CC(C(=O)c1ccc(/C=N/S(=O)(=O)c2ccccc2)cc1)S(=O)(=O)O.[Na+]. The molecule has 2 rings (SSSR count). The van der Waals surface area contributed by atoms with Gasteiger partial charge in [0.15, 0.2) is 5.78 Å². The minimum absolute atomic E-state index is 0. The molecular weight excluding hydrogens is 389 g/mol. The van der Waals surface area contributed by atoms with Crippen molar-refractivity contribution in [3.63, 3.8) is 0 Å². The Balaban J connectivity index is 0.00000338. The van der Waals surface area contributed by atoms with E-state index in [0.29, 0.717) is 5.56 Å². The third-order valence-corrected chi connectivity index (χ3v) is 5.75. The van der Waals surface area contributed by atoms with Crippen molar-refractivity contribution in [1.29, 1.82) is 0 Å². The van der Waals surface area contributed by atoms with E-state index in [-0.39, 0.29) is 40.0 Å². The molecule has 0 fully saturated rings. The maximum Gasteiger partial charge on any atom is 1.00 e. The van der Waals surface area contributed by atoms with Crippen molar-refractivity contribution >= 4 is 32.1 Å². The monoisotopic (exact) mass is 404 g/mol. The number of hydrogen-bond donors (Lipinski definition) is 1. The van der Waals surface area contributed by atoms with E-state index in [0.717, 1.165) is 13.1 Å². The van der Waals surface area contributed by atoms with Crippen LogP contribution in [0.5, 0.6) is 0 Å². The Labute approximate surface area is 174 Å². The fourth-order valence-corrected chi connectivity index (χ4v) is 3.18. The van der Waals surface area contributed by atoms with Crippen molar-refractivity contribution in [3.8, 4) is 0 Å². The Kier molecular flexibility index (Phi) is 7.87. The molecule has 2 aromatic rings. The summed E-state index contributed by atoms with van der Waals surface area (Å²) >= 11 is 0. The standard InChI is InChI=1S/C16H15NO6S2.Na/c1-12(25(21,22)23)16(18)14-9-7-13(8-10-14)11-17-24(19,20)15-5-3-2-4-6-15;/h2-12H,1H3,(H,21,22,23);/q;+1/b17-11+;. The Morgan fingerprint density at radius 2 is 1.54 bits per heavy atom. The van der Waals surface area contributed by atoms with Gasteiger partial charge in [0, 0.05) is 11.8 Å². The minimum Gasteiger partial charge on any atom is -0.293 e. The summed E-state index contributed by atoms with van der Waals surface area (Å²) in [5.41, 5.74) is 0.490. The summed E-state index contributed by atoms with van der Waals surface area (Å²) in [5, 5.41) is -1.58. The van der Waals surface area contributed by atoms with Crippen LogP contribution in [-0.2, 0) is 20.1 Å². The van der Waals surface area contributed by atoms with Crippen molar-refractivity contribution in [2.24, 2.45) is 4.40 Å². The van der Waals surface area contributed by atoms with Crippen LogP contribution in [0.4, 0.5) is 0 Å². The molecule has 2 aromatic carbocycles. The number of benzene rings is 2. The molecule has 1 unspecified atom stereocenters. The molecule has 0 amide bonds. The van der Waals surface area contributed by atoms with Gasteiger partial charge in [-0.05, 0) is 24.6 Å². The quantitative estimate of drug-likeness (QED) is 0.284. The average molecular weight is 404 g/mol. The Morgan fingerprint density at radius 1 is 1.00 bits per heavy atom. The average Bonchev–Trinajstić information content (AvgIpc) is 2.59.